The molecule has 2 rings (SSSR count). The number of hydrogen-bond acceptors (Lipinski definition) is 5. The van der Waals surface area contributed by atoms with E-state index < -0.39 is 11.7 Å². The molecule has 2 aromatic carbocycles. The quantitative estimate of drug-likeness (QED) is 0.752. The van der Waals surface area contributed by atoms with Crippen molar-refractivity contribution in [2.24, 2.45) is 0 Å². The molecule has 0 aliphatic carbocycles. The van der Waals surface area contributed by atoms with E-state index in [0.717, 1.165) is 0 Å². The van der Waals surface area contributed by atoms with Crippen LogP contribution in [0.25, 0.3) is 0 Å². The van der Waals surface area contributed by atoms with E-state index in [1.165, 1.54) is 18.0 Å². The topological polar surface area (TPSA) is 97.0 Å². The molecule has 160 valence electrons. The van der Waals surface area contributed by atoms with E-state index >= 15 is 0 Å². The van der Waals surface area contributed by atoms with Gasteiger partial charge in [0, 0.05) is 24.0 Å². The summed E-state index contributed by atoms with van der Waals surface area (Å²) in [5.74, 6) is -0.00746. The number of hydrogen-bond donors (Lipinski definition) is 2. The van der Waals surface area contributed by atoms with Gasteiger partial charge in [0.2, 0.25) is 5.91 Å². The molecule has 0 bridgehead atoms. The van der Waals surface area contributed by atoms with Crippen molar-refractivity contribution in [3.05, 3.63) is 54.1 Å². The van der Waals surface area contributed by atoms with Gasteiger partial charge in [0.05, 0.1) is 13.7 Å². The third-order valence-corrected chi connectivity index (χ3v) is 3.86. The van der Waals surface area contributed by atoms with Gasteiger partial charge in [0.25, 0.3) is 5.91 Å². The molecule has 30 heavy (non-hydrogen) atoms. The number of rotatable bonds is 6. The highest BCUT2D eigenvalue weighted by molar-refractivity contribution is 6.00. The number of methoxy groups -OCH3 is 1. The van der Waals surface area contributed by atoms with Crippen LogP contribution in [0.2, 0.25) is 0 Å². The van der Waals surface area contributed by atoms with Crippen molar-refractivity contribution in [2.45, 2.75) is 26.4 Å². The van der Waals surface area contributed by atoms with Gasteiger partial charge in [0.15, 0.2) is 0 Å². The number of ether oxygens (including phenoxy) is 2. The second-order valence-electron chi connectivity index (χ2n) is 7.65. The van der Waals surface area contributed by atoms with Gasteiger partial charge in [-0.3, -0.25) is 14.9 Å². The highest BCUT2D eigenvalue weighted by Gasteiger charge is 2.18. The molecule has 0 unspecified atom stereocenters. The lowest BCUT2D eigenvalue weighted by Crippen LogP contribution is -2.35. The minimum Gasteiger partial charge on any atom is -0.497 e. The Morgan fingerprint density at radius 3 is 2.23 bits per heavy atom. The number of carbonyl (C=O) groups is 3. The van der Waals surface area contributed by atoms with E-state index in [0.29, 0.717) is 22.7 Å². The van der Waals surface area contributed by atoms with Crippen molar-refractivity contribution in [1.82, 2.24) is 4.90 Å². The Bertz CT molecular complexity index is 904. The maximum atomic E-state index is 12.7. The normalized spacial score (nSPS) is 10.7. The average Bonchev–Trinajstić information content (AvgIpc) is 2.66. The lowest BCUT2D eigenvalue weighted by atomic mass is 10.1. The van der Waals surface area contributed by atoms with Crippen molar-refractivity contribution in [3.8, 4) is 5.75 Å². The van der Waals surface area contributed by atoms with E-state index in [1.54, 1.807) is 70.3 Å². The summed E-state index contributed by atoms with van der Waals surface area (Å²) < 4.78 is 10.3. The van der Waals surface area contributed by atoms with Crippen LogP contribution in [0.1, 0.15) is 31.1 Å². The molecule has 2 aromatic rings. The van der Waals surface area contributed by atoms with Crippen molar-refractivity contribution in [3.63, 3.8) is 0 Å². The average molecular weight is 413 g/mol. The van der Waals surface area contributed by atoms with Gasteiger partial charge < -0.3 is 19.7 Å². The lowest BCUT2D eigenvalue weighted by molar-refractivity contribution is -0.116. The number of nitrogens with one attached hydrogen (secondary N) is 2. The Balaban J connectivity index is 1.96. The standard InChI is InChI=1S/C22H27N3O5/c1-22(2,3)30-21(28)24-17-8-6-7-15(13-17)20(27)25(4)14-19(26)23-16-9-11-18(29-5)12-10-16/h6-13H,14H2,1-5H3,(H,23,26)(H,24,28). The number of anilines is 2. The van der Waals surface area contributed by atoms with Crippen molar-refractivity contribution in [2.75, 3.05) is 31.3 Å². The number of likely N-dealkylation sites (N-methyl/N-ethyl adjacent to an activating group) is 1. The van der Waals surface area contributed by atoms with Crippen LogP contribution < -0.4 is 15.4 Å². The van der Waals surface area contributed by atoms with Gasteiger partial charge in [-0.05, 0) is 63.2 Å². The molecule has 0 saturated heterocycles. The SMILES string of the molecule is COc1ccc(NC(=O)CN(C)C(=O)c2cccc(NC(=O)OC(C)(C)C)c2)cc1. The summed E-state index contributed by atoms with van der Waals surface area (Å²) in [5, 5.41) is 5.32. The zero-order valence-electron chi connectivity index (χ0n) is 17.8. The summed E-state index contributed by atoms with van der Waals surface area (Å²) in [6.07, 6.45) is -0.612. The first kappa shape index (κ1) is 22.7. The van der Waals surface area contributed by atoms with Gasteiger partial charge >= 0.3 is 6.09 Å². The van der Waals surface area contributed by atoms with Gasteiger partial charge in [-0.1, -0.05) is 6.07 Å². The molecule has 8 nitrogen and oxygen atoms in total. The van der Waals surface area contributed by atoms with E-state index in [-0.39, 0.29) is 18.4 Å². The Hall–Kier alpha value is -3.55. The summed E-state index contributed by atoms with van der Waals surface area (Å²) in [6.45, 7) is 5.16. The fourth-order valence-corrected chi connectivity index (χ4v) is 2.53. The van der Waals surface area contributed by atoms with Crippen LogP contribution in [0.5, 0.6) is 5.75 Å². The van der Waals surface area contributed by atoms with Crippen molar-refractivity contribution < 1.29 is 23.9 Å². The van der Waals surface area contributed by atoms with E-state index in [2.05, 4.69) is 10.6 Å². The van der Waals surface area contributed by atoms with Gasteiger partial charge in [-0.15, -0.1) is 0 Å². The molecule has 0 aromatic heterocycles. The summed E-state index contributed by atoms with van der Waals surface area (Å²) in [7, 11) is 3.09. The Morgan fingerprint density at radius 1 is 0.967 bits per heavy atom. The maximum Gasteiger partial charge on any atom is 0.412 e. The molecule has 2 N–H and O–H groups in total. The van der Waals surface area contributed by atoms with Crippen molar-refractivity contribution in [1.29, 1.82) is 0 Å². The Morgan fingerprint density at radius 2 is 1.63 bits per heavy atom. The van der Waals surface area contributed by atoms with Crippen LogP contribution in [0.15, 0.2) is 48.5 Å². The fourth-order valence-electron chi connectivity index (χ4n) is 2.53. The zero-order chi connectivity index (χ0) is 22.3. The molecule has 0 heterocycles. The maximum absolute atomic E-state index is 12.7. The number of benzene rings is 2. The summed E-state index contributed by atoms with van der Waals surface area (Å²) in [5.41, 5.74) is 0.731. The molecule has 0 fully saturated rings. The third-order valence-electron chi connectivity index (χ3n) is 3.86. The molecular weight excluding hydrogens is 386 g/mol. The van der Waals surface area contributed by atoms with Crippen molar-refractivity contribution >= 4 is 29.3 Å². The summed E-state index contributed by atoms with van der Waals surface area (Å²) in [6, 6.07) is 13.3. The smallest absolute Gasteiger partial charge is 0.412 e. The second-order valence-corrected chi connectivity index (χ2v) is 7.65. The Labute approximate surface area is 176 Å². The number of carbonyl (C=O) groups excluding carboxylic acids is 3. The molecule has 0 aliphatic heterocycles. The molecule has 8 heteroatoms. The molecule has 3 amide bonds. The predicted octanol–water partition coefficient (Wildman–Crippen LogP) is 3.75. The number of nitrogens with zero attached hydrogens (tertiary/aromatic N) is 1. The monoisotopic (exact) mass is 413 g/mol. The van der Waals surface area contributed by atoms with Crippen LogP contribution >= 0.6 is 0 Å². The van der Waals surface area contributed by atoms with Gasteiger partial charge in [-0.2, -0.15) is 0 Å². The summed E-state index contributed by atoms with van der Waals surface area (Å²) >= 11 is 0. The van der Waals surface area contributed by atoms with Crippen LogP contribution in [-0.2, 0) is 9.53 Å². The molecule has 0 spiro atoms. The van der Waals surface area contributed by atoms with Crippen LogP contribution in [0.3, 0.4) is 0 Å². The molecule has 0 radical (unpaired) electrons. The summed E-state index contributed by atoms with van der Waals surface area (Å²) in [4.78, 5) is 38.1. The third kappa shape index (κ3) is 7.12. The van der Waals surface area contributed by atoms with E-state index in [9.17, 15) is 14.4 Å². The highest BCUT2D eigenvalue weighted by Crippen LogP contribution is 2.16. The molecular formula is C22H27N3O5. The zero-order valence-corrected chi connectivity index (χ0v) is 17.8. The minimum absolute atomic E-state index is 0.130. The highest BCUT2D eigenvalue weighted by atomic mass is 16.6. The molecule has 0 saturated carbocycles. The first-order valence-corrected chi connectivity index (χ1v) is 9.37. The first-order valence-electron chi connectivity index (χ1n) is 9.37. The first-order chi connectivity index (χ1) is 14.1. The Kier molecular flexibility index (Phi) is 7.41. The minimum atomic E-state index is -0.630. The molecule has 0 atom stereocenters. The largest absolute Gasteiger partial charge is 0.497 e. The predicted molar refractivity (Wildman–Crippen MR) is 115 cm³/mol. The second kappa shape index (κ2) is 9.78. The van der Waals surface area contributed by atoms with E-state index in [1.807, 2.05) is 0 Å². The van der Waals surface area contributed by atoms with Crippen LogP contribution in [-0.4, -0.2) is 49.1 Å². The van der Waals surface area contributed by atoms with E-state index in [4.69, 9.17) is 9.47 Å². The number of amides is 3. The molecule has 0 aliphatic rings. The van der Waals surface area contributed by atoms with Crippen LogP contribution in [0.4, 0.5) is 16.2 Å². The fraction of sp³-hybridized carbons (Fsp3) is 0.318. The van der Waals surface area contributed by atoms with Gasteiger partial charge in [0.1, 0.15) is 11.4 Å². The van der Waals surface area contributed by atoms with Crippen LogP contribution in [0, 0.1) is 0 Å². The van der Waals surface area contributed by atoms with Gasteiger partial charge in [-0.25, -0.2) is 4.79 Å². The lowest BCUT2D eigenvalue weighted by Gasteiger charge is -2.20.